The molecule has 128 valence electrons. The van der Waals surface area contributed by atoms with Crippen LogP contribution in [0.4, 0.5) is 0 Å². The molecule has 0 unspecified atom stereocenters. The standard InChI is InChI=1S/C17H21N3O4/c1-4-24-17(22)14-9-15(12-5-7-13(23-3)8-6-12)20(11(14)2)10-16(21)19-18/h5-9H,4,10,18H2,1-3H3,(H,19,21). The highest BCUT2D eigenvalue weighted by atomic mass is 16.5. The minimum atomic E-state index is -0.420. The zero-order chi connectivity index (χ0) is 17.7. The van der Waals surface area contributed by atoms with E-state index in [-0.39, 0.29) is 19.1 Å². The van der Waals surface area contributed by atoms with Crippen LogP contribution in [0.2, 0.25) is 0 Å². The Balaban J connectivity index is 2.52. The third kappa shape index (κ3) is 3.57. The van der Waals surface area contributed by atoms with Crippen molar-refractivity contribution < 1.29 is 19.1 Å². The molecule has 0 atom stereocenters. The van der Waals surface area contributed by atoms with Gasteiger partial charge in [-0.05, 0) is 49.7 Å². The average molecular weight is 331 g/mol. The summed E-state index contributed by atoms with van der Waals surface area (Å²) in [5, 5.41) is 0. The van der Waals surface area contributed by atoms with E-state index in [2.05, 4.69) is 5.43 Å². The fraction of sp³-hybridized carbons (Fsp3) is 0.294. The lowest BCUT2D eigenvalue weighted by molar-refractivity contribution is -0.121. The summed E-state index contributed by atoms with van der Waals surface area (Å²) in [6, 6.07) is 9.07. The molecule has 1 amide bonds. The predicted molar refractivity (Wildman–Crippen MR) is 89.4 cm³/mol. The van der Waals surface area contributed by atoms with Crippen molar-refractivity contribution in [3.05, 3.63) is 41.6 Å². The molecule has 1 aromatic carbocycles. The Morgan fingerprint density at radius 1 is 1.25 bits per heavy atom. The van der Waals surface area contributed by atoms with Gasteiger partial charge in [-0.2, -0.15) is 0 Å². The van der Waals surface area contributed by atoms with Crippen LogP contribution in [-0.2, 0) is 16.1 Å². The Hall–Kier alpha value is -2.80. The Bertz CT molecular complexity index is 735. The van der Waals surface area contributed by atoms with Gasteiger partial charge in [-0.15, -0.1) is 0 Å². The summed E-state index contributed by atoms with van der Waals surface area (Å²) < 4.78 is 12.0. The molecule has 0 saturated heterocycles. The van der Waals surface area contributed by atoms with Crippen molar-refractivity contribution in [2.75, 3.05) is 13.7 Å². The number of ether oxygens (including phenoxy) is 2. The summed E-state index contributed by atoms with van der Waals surface area (Å²) in [5.41, 5.74) is 4.74. The Kier molecular flexibility index (Phi) is 5.59. The quantitative estimate of drug-likeness (QED) is 0.363. The smallest absolute Gasteiger partial charge is 0.339 e. The number of nitrogens with one attached hydrogen (secondary N) is 1. The molecule has 1 heterocycles. The number of nitrogens with zero attached hydrogens (tertiary/aromatic N) is 1. The van der Waals surface area contributed by atoms with Gasteiger partial charge in [-0.25, -0.2) is 10.6 Å². The summed E-state index contributed by atoms with van der Waals surface area (Å²) in [6.07, 6.45) is 0. The summed E-state index contributed by atoms with van der Waals surface area (Å²) in [4.78, 5) is 23.9. The number of benzene rings is 1. The summed E-state index contributed by atoms with van der Waals surface area (Å²) in [7, 11) is 1.59. The van der Waals surface area contributed by atoms with Crippen molar-refractivity contribution in [1.29, 1.82) is 0 Å². The van der Waals surface area contributed by atoms with Crippen LogP contribution >= 0.6 is 0 Å². The number of amides is 1. The molecule has 0 spiro atoms. The first kappa shape index (κ1) is 17.6. The van der Waals surface area contributed by atoms with E-state index < -0.39 is 5.97 Å². The Labute approximate surface area is 140 Å². The Morgan fingerprint density at radius 2 is 1.92 bits per heavy atom. The number of methoxy groups -OCH3 is 1. The molecule has 3 N–H and O–H groups in total. The molecule has 24 heavy (non-hydrogen) atoms. The lowest BCUT2D eigenvalue weighted by Crippen LogP contribution is -2.33. The number of hydrogen-bond acceptors (Lipinski definition) is 5. The van der Waals surface area contributed by atoms with Crippen LogP contribution in [0.5, 0.6) is 5.75 Å². The van der Waals surface area contributed by atoms with Crippen LogP contribution in [0.1, 0.15) is 23.0 Å². The van der Waals surface area contributed by atoms with Gasteiger partial charge >= 0.3 is 5.97 Å². The van der Waals surface area contributed by atoms with Crippen molar-refractivity contribution in [2.45, 2.75) is 20.4 Å². The van der Waals surface area contributed by atoms with Crippen LogP contribution in [0.3, 0.4) is 0 Å². The number of carbonyl (C=O) groups excluding carboxylic acids is 2. The molecule has 0 radical (unpaired) electrons. The first-order chi connectivity index (χ1) is 11.5. The number of hydrazine groups is 1. The molecule has 2 rings (SSSR count). The molecule has 0 bridgehead atoms. The van der Waals surface area contributed by atoms with E-state index in [1.54, 1.807) is 31.6 Å². The van der Waals surface area contributed by atoms with Crippen molar-refractivity contribution in [2.24, 2.45) is 5.84 Å². The van der Waals surface area contributed by atoms with Gasteiger partial charge in [0.05, 0.1) is 19.3 Å². The number of carbonyl (C=O) groups is 2. The lowest BCUT2D eigenvalue weighted by Gasteiger charge is -2.11. The lowest BCUT2D eigenvalue weighted by atomic mass is 10.1. The fourth-order valence-electron chi connectivity index (χ4n) is 2.45. The highest BCUT2D eigenvalue weighted by molar-refractivity contribution is 5.93. The van der Waals surface area contributed by atoms with Crippen LogP contribution in [0, 0.1) is 6.92 Å². The van der Waals surface area contributed by atoms with E-state index >= 15 is 0 Å². The molecule has 1 aromatic heterocycles. The van der Waals surface area contributed by atoms with E-state index in [1.807, 2.05) is 24.3 Å². The molecular formula is C17H21N3O4. The molecule has 7 heteroatoms. The van der Waals surface area contributed by atoms with Crippen LogP contribution in [0.25, 0.3) is 11.3 Å². The molecule has 0 aliphatic rings. The van der Waals surface area contributed by atoms with Gasteiger partial charge in [0, 0.05) is 11.4 Å². The number of nitrogens with two attached hydrogens (primary N) is 1. The molecule has 2 aromatic rings. The largest absolute Gasteiger partial charge is 0.497 e. The first-order valence-electron chi connectivity index (χ1n) is 7.52. The normalized spacial score (nSPS) is 10.3. The van der Waals surface area contributed by atoms with Crippen molar-refractivity contribution >= 4 is 11.9 Å². The highest BCUT2D eigenvalue weighted by Crippen LogP contribution is 2.28. The van der Waals surface area contributed by atoms with Crippen LogP contribution in [0.15, 0.2) is 30.3 Å². The van der Waals surface area contributed by atoms with E-state index in [9.17, 15) is 9.59 Å². The second kappa shape index (κ2) is 7.65. The number of aromatic nitrogens is 1. The zero-order valence-electron chi connectivity index (χ0n) is 14.0. The van der Waals surface area contributed by atoms with E-state index in [4.69, 9.17) is 15.3 Å². The molecule has 0 fully saturated rings. The molecule has 7 nitrogen and oxygen atoms in total. The van der Waals surface area contributed by atoms with Gasteiger partial charge < -0.3 is 14.0 Å². The van der Waals surface area contributed by atoms with Gasteiger partial charge in [0.25, 0.3) is 5.91 Å². The van der Waals surface area contributed by atoms with Crippen molar-refractivity contribution in [3.8, 4) is 17.0 Å². The summed E-state index contributed by atoms with van der Waals surface area (Å²) in [6.45, 7) is 3.80. The summed E-state index contributed by atoms with van der Waals surface area (Å²) in [5.74, 6) is 5.13. The Morgan fingerprint density at radius 3 is 2.46 bits per heavy atom. The SMILES string of the molecule is CCOC(=O)c1cc(-c2ccc(OC)cc2)n(CC(=O)NN)c1C. The van der Waals surface area contributed by atoms with Gasteiger partial charge in [0.2, 0.25) is 0 Å². The van der Waals surface area contributed by atoms with E-state index in [0.29, 0.717) is 11.3 Å². The van der Waals surface area contributed by atoms with E-state index in [0.717, 1.165) is 17.0 Å². The minimum absolute atomic E-state index is 0.00308. The maximum atomic E-state index is 12.1. The van der Waals surface area contributed by atoms with Crippen LogP contribution in [-0.4, -0.2) is 30.2 Å². The highest BCUT2D eigenvalue weighted by Gasteiger charge is 2.20. The monoisotopic (exact) mass is 331 g/mol. The molecule has 0 aliphatic carbocycles. The topological polar surface area (TPSA) is 95.6 Å². The van der Waals surface area contributed by atoms with Crippen LogP contribution < -0.4 is 16.0 Å². The maximum Gasteiger partial charge on any atom is 0.339 e. The predicted octanol–water partition coefficient (Wildman–Crippen LogP) is 1.64. The van der Waals surface area contributed by atoms with Crippen molar-refractivity contribution in [1.82, 2.24) is 9.99 Å². The number of esters is 1. The van der Waals surface area contributed by atoms with Gasteiger partial charge in [0.1, 0.15) is 12.3 Å². The first-order valence-corrected chi connectivity index (χ1v) is 7.52. The molecule has 0 saturated carbocycles. The number of rotatable bonds is 6. The van der Waals surface area contributed by atoms with E-state index in [1.165, 1.54) is 0 Å². The summed E-state index contributed by atoms with van der Waals surface area (Å²) >= 11 is 0. The average Bonchev–Trinajstić information content (AvgIpc) is 2.92. The maximum absolute atomic E-state index is 12.1. The minimum Gasteiger partial charge on any atom is -0.497 e. The third-order valence-corrected chi connectivity index (χ3v) is 3.71. The van der Waals surface area contributed by atoms with Crippen molar-refractivity contribution in [3.63, 3.8) is 0 Å². The van der Waals surface area contributed by atoms with Gasteiger partial charge in [-0.1, -0.05) is 0 Å². The van der Waals surface area contributed by atoms with Gasteiger partial charge in [-0.3, -0.25) is 10.2 Å². The zero-order valence-corrected chi connectivity index (χ0v) is 14.0. The molecule has 0 aliphatic heterocycles. The molecular weight excluding hydrogens is 310 g/mol. The second-order valence-corrected chi connectivity index (χ2v) is 5.13. The number of hydrogen-bond donors (Lipinski definition) is 2. The third-order valence-electron chi connectivity index (χ3n) is 3.71. The second-order valence-electron chi connectivity index (χ2n) is 5.13. The van der Waals surface area contributed by atoms with Gasteiger partial charge in [0.15, 0.2) is 0 Å². The fourth-order valence-corrected chi connectivity index (χ4v) is 2.45.